The van der Waals surface area contributed by atoms with Crippen molar-refractivity contribution in [2.45, 2.75) is 6.61 Å². The molecule has 0 spiro atoms. The van der Waals surface area contributed by atoms with E-state index in [0.717, 1.165) is 22.5 Å². The minimum atomic E-state index is -0.301. The number of ether oxygens (including phenoxy) is 1. The fraction of sp³-hybridized carbons (Fsp3) is 0.154. The van der Waals surface area contributed by atoms with Gasteiger partial charge in [-0.15, -0.1) is 0 Å². The van der Waals surface area contributed by atoms with Gasteiger partial charge < -0.3 is 9.72 Å². The highest BCUT2D eigenvalue weighted by atomic mass is 16.6. The highest BCUT2D eigenvalue weighted by Gasteiger charge is 2.22. The Morgan fingerprint density at radius 2 is 2.24 bits per heavy atom. The molecule has 1 aromatic heterocycles. The number of anilines is 1. The Bertz CT molecular complexity index is 561. The van der Waals surface area contributed by atoms with E-state index in [1.54, 1.807) is 7.05 Å². The van der Waals surface area contributed by atoms with Gasteiger partial charge in [-0.05, 0) is 29.8 Å². The number of fused-ring (bicyclic) bond motifs is 1. The molecule has 2 heterocycles. The molecule has 1 N–H and O–H groups in total. The Hall–Kier alpha value is -2.23. The number of benzene rings is 1. The normalized spacial score (nSPS) is 14.4. The van der Waals surface area contributed by atoms with E-state index in [4.69, 9.17) is 4.74 Å². The number of carbonyl (C=O) groups excluding carboxylic acids is 1. The molecule has 1 aliphatic rings. The van der Waals surface area contributed by atoms with Crippen molar-refractivity contribution in [3.05, 3.63) is 42.1 Å². The number of amides is 1. The van der Waals surface area contributed by atoms with E-state index in [1.165, 1.54) is 4.90 Å². The molecule has 3 rings (SSSR count). The molecule has 17 heavy (non-hydrogen) atoms. The Morgan fingerprint density at radius 3 is 3.00 bits per heavy atom. The summed E-state index contributed by atoms with van der Waals surface area (Å²) in [5.74, 6) is 0. The van der Waals surface area contributed by atoms with Crippen molar-refractivity contribution in [1.29, 1.82) is 0 Å². The molecule has 0 atom stereocenters. The number of nitrogens with zero attached hydrogens (tertiary/aromatic N) is 1. The lowest BCUT2D eigenvalue weighted by atomic mass is 10.1. The number of aromatic nitrogens is 1. The molecule has 4 heteroatoms. The van der Waals surface area contributed by atoms with Crippen LogP contribution in [0, 0.1) is 0 Å². The maximum atomic E-state index is 11.4. The Labute approximate surface area is 98.8 Å². The summed E-state index contributed by atoms with van der Waals surface area (Å²) >= 11 is 0. The van der Waals surface area contributed by atoms with Crippen LogP contribution >= 0.6 is 0 Å². The Kier molecular flexibility index (Phi) is 2.14. The number of H-pyrrole nitrogens is 1. The molecule has 2 aromatic rings. The molecule has 4 nitrogen and oxygen atoms in total. The number of carbonyl (C=O) groups is 1. The van der Waals surface area contributed by atoms with Gasteiger partial charge in [0.1, 0.15) is 6.61 Å². The number of hydrogen-bond donors (Lipinski definition) is 1. The first kappa shape index (κ1) is 9.96. The van der Waals surface area contributed by atoms with Crippen LogP contribution < -0.4 is 4.90 Å². The van der Waals surface area contributed by atoms with Gasteiger partial charge in [-0.1, -0.05) is 6.07 Å². The number of cyclic esters (lactones) is 1. The van der Waals surface area contributed by atoms with Crippen LogP contribution in [-0.2, 0) is 11.3 Å². The van der Waals surface area contributed by atoms with E-state index in [2.05, 4.69) is 4.98 Å². The predicted octanol–water partition coefficient (Wildman–Crippen LogP) is 2.77. The van der Waals surface area contributed by atoms with Gasteiger partial charge in [-0.25, -0.2) is 4.79 Å². The average molecular weight is 228 g/mol. The maximum Gasteiger partial charge on any atom is 0.414 e. The summed E-state index contributed by atoms with van der Waals surface area (Å²) in [5, 5.41) is 0. The van der Waals surface area contributed by atoms with Crippen molar-refractivity contribution in [2.24, 2.45) is 0 Å². The van der Waals surface area contributed by atoms with Gasteiger partial charge in [-0.3, -0.25) is 4.90 Å². The van der Waals surface area contributed by atoms with E-state index in [0.29, 0.717) is 6.61 Å². The van der Waals surface area contributed by atoms with Crippen molar-refractivity contribution < 1.29 is 9.53 Å². The van der Waals surface area contributed by atoms with Gasteiger partial charge in [0.15, 0.2) is 0 Å². The average Bonchev–Trinajstić information content (AvgIpc) is 2.87. The largest absolute Gasteiger partial charge is 0.444 e. The van der Waals surface area contributed by atoms with Crippen molar-refractivity contribution in [1.82, 2.24) is 4.98 Å². The summed E-state index contributed by atoms with van der Waals surface area (Å²) in [6.45, 7) is 0.340. The molecule has 1 amide bonds. The van der Waals surface area contributed by atoms with Crippen LogP contribution in [0.5, 0.6) is 0 Å². The first-order chi connectivity index (χ1) is 8.25. The first-order valence-corrected chi connectivity index (χ1v) is 5.43. The third-order valence-electron chi connectivity index (χ3n) is 2.97. The predicted molar refractivity (Wildman–Crippen MR) is 64.8 cm³/mol. The highest BCUT2D eigenvalue weighted by Crippen LogP contribution is 2.30. The van der Waals surface area contributed by atoms with Crippen molar-refractivity contribution in [3.63, 3.8) is 0 Å². The topological polar surface area (TPSA) is 45.3 Å². The zero-order valence-corrected chi connectivity index (χ0v) is 9.43. The van der Waals surface area contributed by atoms with E-state index in [-0.39, 0.29) is 6.09 Å². The van der Waals surface area contributed by atoms with Crippen LogP contribution in [0.25, 0.3) is 11.3 Å². The molecule has 0 aliphatic carbocycles. The zero-order valence-electron chi connectivity index (χ0n) is 9.43. The van der Waals surface area contributed by atoms with Crippen molar-refractivity contribution >= 4 is 11.8 Å². The monoisotopic (exact) mass is 228 g/mol. The number of rotatable bonds is 1. The number of hydrogen-bond acceptors (Lipinski definition) is 2. The molecule has 0 fully saturated rings. The van der Waals surface area contributed by atoms with Gasteiger partial charge in [0.2, 0.25) is 0 Å². The van der Waals surface area contributed by atoms with E-state index in [1.807, 2.05) is 36.5 Å². The molecular formula is C13H12N2O2. The van der Waals surface area contributed by atoms with Crippen molar-refractivity contribution in [2.75, 3.05) is 11.9 Å². The maximum absolute atomic E-state index is 11.4. The standard InChI is InChI=1S/C13H12N2O2/c1-15-12-5-4-9(11-3-2-6-14-11)7-10(12)8-17-13(15)16/h2-7,14H,8H2,1H3. The van der Waals surface area contributed by atoms with Crippen LogP contribution in [-0.4, -0.2) is 18.1 Å². The van der Waals surface area contributed by atoms with Crippen LogP contribution in [0.4, 0.5) is 10.5 Å². The van der Waals surface area contributed by atoms with E-state index in [9.17, 15) is 4.79 Å². The number of nitrogens with one attached hydrogen (secondary N) is 1. The summed E-state index contributed by atoms with van der Waals surface area (Å²) in [6, 6.07) is 9.97. The Balaban J connectivity index is 2.06. The lowest BCUT2D eigenvalue weighted by Crippen LogP contribution is -2.31. The van der Waals surface area contributed by atoms with Gasteiger partial charge in [0, 0.05) is 24.5 Å². The SMILES string of the molecule is CN1C(=O)OCc2cc(-c3ccc[nH]3)ccc21. The van der Waals surface area contributed by atoms with E-state index >= 15 is 0 Å². The molecule has 0 saturated heterocycles. The molecule has 86 valence electrons. The third-order valence-corrected chi connectivity index (χ3v) is 2.97. The molecule has 0 unspecified atom stereocenters. The molecule has 0 bridgehead atoms. The van der Waals surface area contributed by atoms with Gasteiger partial charge in [-0.2, -0.15) is 0 Å². The molecule has 1 aromatic carbocycles. The summed E-state index contributed by atoms with van der Waals surface area (Å²) in [5.41, 5.74) is 4.10. The summed E-state index contributed by atoms with van der Waals surface area (Å²) in [6.07, 6.45) is 1.59. The third kappa shape index (κ3) is 1.58. The summed E-state index contributed by atoms with van der Waals surface area (Å²) < 4.78 is 5.07. The fourth-order valence-corrected chi connectivity index (χ4v) is 2.04. The fourth-order valence-electron chi connectivity index (χ4n) is 2.04. The zero-order chi connectivity index (χ0) is 11.8. The lowest BCUT2D eigenvalue weighted by molar-refractivity contribution is 0.143. The van der Waals surface area contributed by atoms with Crippen LogP contribution in [0.15, 0.2) is 36.5 Å². The van der Waals surface area contributed by atoms with E-state index < -0.39 is 0 Å². The summed E-state index contributed by atoms with van der Waals surface area (Å²) in [7, 11) is 1.72. The second kappa shape index (κ2) is 3.66. The van der Waals surface area contributed by atoms with Crippen molar-refractivity contribution in [3.8, 4) is 11.3 Å². The highest BCUT2D eigenvalue weighted by molar-refractivity contribution is 5.90. The van der Waals surface area contributed by atoms with Gasteiger partial charge in [0.05, 0.1) is 5.69 Å². The van der Waals surface area contributed by atoms with Crippen LogP contribution in [0.2, 0.25) is 0 Å². The molecular weight excluding hydrogens is 216 g/mol. The lowest BCUT2D eigenvalue weighted by Gasteiger charge is -2.25. The molecule has 0 saturated carbocycles. The minimum absolute atomic E-state index is 0.301. The smallest absolute Gasteiger partial charge is 0.414 e. The summed E-state index contributed by atoms with van der Waals surface area (Å²) in [4.78, 5) is 16.1. The molecule has 0 radical (unpaired) electrons. The van der Waals surface area contributed by atoms with Crippen LogP contribution in [0.3, 0.4) is 0 Å². The minimum Gasteiger partial charge on any atom is -0.444 e. The van der Waals surface area contributed by atoms with Crippen LogP contribution in [0.1, 0.15) is 5.56 Å². The first-order valence-electron chi connectivity index (χ1n) is 5.43. The number of aromatic amines is 1. The Morgan fingerprint density at radius 1 is 1.35 bits per heavy atom. The second-order valence-electron chi connectivity index (χ2n) is 4.04. The quantitative estimate of drug-likeness (QED) is 0.815. The van der Waals surface area contributed by atoms with Gasteiger partial charge in [0.25, 0.3) is 0 Å². The molecule has 1 aliphatic heterocycles. The second-order valence-corrected chi connectivity index (χ2v) is 4.04. The van der Waals surface area contributed by atoms with Gasteiger partial charge >= 0.3 is 6.09 Å².